The van der Waals surface area contributed by atoms with Crippen LogP contribution in [0.5, 0.6) is 17.2 Å². The van der Waals surface area contributed by atoms with Crippen LogP contribution in [0, 0.1) is 0 Å². The van der Waals surface area contributed by atoms with Gasteiger partial charge in [0.05, 0.1) is 19.4 Å². The third kappa shape index (κ3) is 5.84. The number of hydrogen-bond acceptors (Lipinski definition) is 8. The Kier molecular flexibility index (Phi) is 6.93. The highest BCUT2D eigenvalue weighted by molar-refractivity contribution is 5.74. The molecule has 3 aromatic carbocycles. The Bertz CT molecular complexity index is 1480. The SMILES string of the molecule is Cn1ncc(-c2ccc(OCCCOc3ccc(OCC(=O)O)cc3)c(-n3nc4ccccc4n3)c2)n1. The number of carboxylic acid groups (broad SMARTS) is 1. The number of hydrogen-bond donors (Lipinski definition) is 1. The highest BCUT2D eigenvalue weighted by Crippen LogP contribution is 2.29. The number of carboxylic acids is 1. The molecule has 5 rings (SSSR count). The van der Waals surface area contributed by atoms with E-state index < -0.39 is 5.97 Å². The first kappa shape index (κ1) is 23.8. The molecule has 0 radical (unpaired) electrons. The molecule has 0 aliphatic carbocycles. The van der Waals surface area contributed by atoms with Gasteiger partial charge in [0.2, 0.25) is 0 Å². The van der Waals surface area contributed by atoms with E-state index in [0.29, 0.717) is 42.6 Å². The number of carbonyl (C=O) groups is 1. The molecule has 0 bridgehead atoms. The molecule has 0 aliphatic heterocycles. The van der Waals surface area contributed by atoms with Crippen LogP contribution < -0.4 is 14.2 Å². The molecule has 1 N–H and O–H groups in total. The van der Waals surface area contributed by atoms with Crippen molar-refractivity contribution in [2.45, 2.75) is 6.42 Å². The van der Waals surface area contributed by atoms with E-state index in [1.807, 2.05) is 42.5 Å². The smallest absolute Gasteiger partial charge is 0.341 e. The third-order valence-corrected chi connectivity index (χ3v) is 5.36. The van der Waals surface area contributed by atoms with Gasteiger partial charge in [-0.15, -0.1) is 15.0 Å². The first-order valence-corrected chi connectivity index (χ1v) is 11.6. The fraction of sp³-hybridized carbons (Fsp3) is 0.192. The van der Waals surface area contributed by atoms with E-state index >= 15 is 0 Å². The van der Waals surface area contributed by atoms with Crippen molar-refractivity contribution in [2.24, 2.45) is 7.05 Å². The molecule has 0 unspecified atom stereocenters. The van der Waals surface area contributed by atoms with Gasteiger partial charge in [-0.05, 0) is 54.6 Å². The van der Waals surface area contributed by atoms with Crippen LogP contribution in [-0.2, 0) is 11.8 Å². The van der Waals surface area contributed by atoms with Gasteiger partial charge in [0.1, 0.15) is 39.7 Å². The Hall–Kier alpha value is -4.93. The number of nitrogens with zero attached hydrogens (tertiary/aromatic N) is 6. The third-order valence-electron chi connectivity index (χ3n) is 5.36. The van der Waals surface area contributed by atoms with Crippen LogP contribution in [0.15, 0.2) is 72.9 Å². The molecule has 11 nitrogen and oxygen atoms in total. The second-order valence-electron chi connectivity index (χ2n) is 8.08. The normalized spacial score (nSPS) is 10.9. The zero-order valence-electron chi connectivity index (χ0n) is 20.0. The molecule has 0 spiro atoms. The molecular formula is C26H24N6O5. The van der Waals surface area contributed by atoms with Gasteiger partial charge >= 0.3 is 5.97 Å². The van der Waals surface area contributed by atoms with Gasteiger partial charge in [0.15, 0.2) is 6.61 Å². The number of aromatic nitrogens is 6. The molecule has 0 aliphatic rings. The predicted molar refractivity (Wildman–Crippen MR) is 134 cm³/mol. The summed E-state index contributed by atoms with van der Waals surface area (Å²) in [6.07, 6.45) is 2.34. The average molecular weight is 501 g/mol. The summed E-state index contributed by atoms with van der Waals surface area (Å²) < 4.78 is 17.0. The monoisotopic (exact) mass is 500 g/mol. The van der Waals surface area contributed by atoms with Crippen LogP contribution in [0.3, 0.4) is 0 Å². The minimum atomic E-state index is -1.02. The molecule has 0 amide bonds. The maximum atomic E-state index is 10.6. The predicted octanol–water partition coefficient (Wildman–Crippen LogP) is 3.53. The van der Waals surface area contributed by atoms with Crippen molar-refractivity contribution >= 4 is 17.0 Å². The van der Waals surface area contributed by atoms with Gasteiger partial charge in [-0.1, -0.05) is 12.1 Å². The molecule has 2 aromatic heterocycles. The molecule has 5 aromatic rings. The molecule has 0 saturated heterocycles. The second kappa shape index (κ2) is 10.8. The lowest BCUT2D eigenvalue weighted by Crippen LogP contribution is -2.09. The lowest BCUT2D eigenvalue weighted by atomic mass is 10.1. The summed E-state index contributed by atoms with van der Waals surface area (Å²) in [4.78, 5) is 13.7. The quantitative estimate of drug-likeness (QED) is 0.271. The molecule has 0 saturated carbocycles. The van der Waals surface area contributed by atoms with Gasteiger partial charge in [0.25, 0.3) is 0 Å². The molecule has 2 heterocycles. The lowest BCUT2D eigenvalue weighted by Gasteiger charge is -2.12. The zero-order valence-corrected chi connectivity index (χ0v) is 20.0. The fourth-order valence-electron chi connectivity index (χ4n) is 3.61. The number of aliphatic carboxylic acids is 1. The Morgan fingerprint density at radius 1 is 0.865 bits per heavy atom. The standard InChI is InChI=1S/C26H24N6O5/c1-31-27-16-23(28-31)18-7-12-25(24(15-18)32-29-21-5-2-3-6-22(21)30-32)36-14-4-13-35-19-8-10-20(11-9-19)37-17-26(33)34/h2-3,5-12,15-16H,4,13-14,17H2,1H3,(H,33,34). The zero-order chi connectivity index (χ0) is 25.6. The van der Waals surface area contributed by atoms with E-state index in [1.54, 1.807) is 42.3 Å². The van der Waals surface area contributed by atoms with E-state index in [4.69, 9.17) is 19.3 Å². The van der Waals surface area contributed by atoms with Crippen LogP contribution in [-0.4, -0.2) is 60.9 Å². The van der Waals surface area contributed by atoms with Crippen molar-refractivity contribution in [3.05, 3.63) is 72.9 Å². The topological polar surface area (TPSA) is 126 Å². The maximum Gasteiger partial charge on any atom is 0.341 e. The van der Waals surface area contributed by atoms with Crippen LogP contribution in [0.2, 0.25) is 0 Å². The van der Waals surface area contributed by atoms with Crippen molar-refractivity contribution in [1.29, 1.82) is 0 Å². The highest BCUT2D eigenvalue weighted by Gasteiger charge is 2.14. The van der Waals surface area contributed by atoms with Gasteiger partial charge < -0.3 is 19.3 Å². The molecular weight excluding hydrogens is 476 g/mol. The van der Waals surface area contributed by atoms with Gasteiger partial charge in [-0.2, -0.15) is 15.0 Å². The number of fused-ring (bicyclic) bond motifs is 1. The van der Waals surface area contributed by atoms with Crippen LogP contribution in [0.1, 0.15) is 6.42 Å². The van der Waals surface area contributed by atoms with Crippen LogP contribution >= 0.6 is 0 Å². The Morgan fingerprint density at radius 2 is 1.54 bits per heavy atom. The van der Waals surface area contributed by atoms with Crippen molar-refractivity contribution in [3.8, 4) is 34.2 Å². The average Bonchev–Trinajstić information content (AvgIpc) is 3.54. The maximum absolute atomic E-state index is 10.6. The summed E-state index contributed by atoms with van der Waals surface area (Å²) in [5.74, 6) is 0.732. The van der Waals surface area contributed by atoms with Crippen molar-refractivity contribution in [1.82, 2.24) is 30.0 Å². The number of aryl methyl sites for hydroxylation is 1. The summed E-state index contributed by atoms with van der Waals surface area (Å²) in [6.45, 7) is 0.466. The van der Waals surface area contributed by atoms with E-state index in [2.05, 4.69) is 20.4 Å². The number of benzene rings is 3. The van der Waals surface area contributed by atoms with E-state index in [0.717, 1.165) is 22.3 Å². The molecule has 188 valence electrons. The minimum Gasteiger partial charge on any atom is -0.493 e. The van der Waals surface area contributed by atoms with E-state index in [-0.39, 0.29) is 6.61 Å². The number of rotatable bonds is 11. The highest BCUT2D eigenvalue weighted by atomic mass is 16.5. The summed E-state index contributed by atoms with van der Waals surface area (Å²) in [5, 5.41) is 26.5. The summed E-state index contributed by atoms with van der Waals surface area (Å²) in [7, 11) is 1.77. The fourth-order valence-corrected chi connectivity index (χ4v) is 3.61. The van der Waals surface area contributed by atoms with Crippen molar-refractivity contribution in [2.75, 3.05) is 19.8 Å². The Labute approximate surface area is 211 Å². The molecule has 11 heteroatoms. The van der Waals surface area contributed by atoms with Gasteiger partial charge in [-0.3, -0.25) is 0 Å². The van der Waals surface area contributed by atoms with E-state index in [9.17, 15) is 4.79 Å². The summed E-state index contributed by atoms with van der Waals surface area (Å²) >= 11 is 0. The van der Waals surface area contributed by atoms with Gasteiger partial charge in [-0.25, -0.2) is 4.79 Å². The molecule has 0 atom stereocenters. The number of ether oxygens (including phenoxy) is 3. The van der Waals surface area contributed by atoms with Crippen molar-refractivity contribution < 1.29 is 24.1 Å². The second-order valence-corrected chi connectivity index (χ2v) is 8.08. The summed E-state index contributed by atoms with van der Waals surface area (Å²) in [6, 6.07) is 20.2. The Balaban J connectivity index is 1.25. The van der Waals surface area contributed by atoms with E-state index in [1.165, 1.54) is 4.80 Å². The minimum absolute atomic E-state index is 0.386. The van der Waals surface area contributed by atoms with Crippen LogP contribution in [0.25, 0.3) is 28.0 Å². The van der Waals surface area contributed by atoms with Gasteiger partial charge in [0, 0.05) is 19.0 Å². The Morgan fingerprint density at radius 3 is 2.19 bits per heavy atom. The molecule has 0 fully saturated rings. The van der Waals surface area contributed by atoms with Crippen molar-refractivity contribution in [3.63, 3.8) is 0 Å². The molecule has 37 heavy (non-hydrogen) atoms. The summed E-state index contributed by atoms with van der Waals surface area (Å²) in [5.41, 5.74) is 3.87. The van der Waals surface area contributed by atoms with Crippen LogP contribution in [0.4, 0.5) is 0 Å². The first-order chi connectivity index (χ1) is 18.0. The lowest BCUT2D eigenvalue weighted by molar-refractivity contribution is -0.139. The first-order valence-electron chi connectivity index (χ1n) is 11.6. The largest absolute Gasteiger partial charge is 0.493 e.